The fourth-order valence-electron chi connectivity index (χ4n) is 1.86. The van der Waals surface area contributed by atoms with Gasteiger partial charge in [-0.05, 0) is 26.7 Å². The van der Waals surface area contributed by atoms with Gasteiger partial charge in [-0.2, -0.15) is 0 Å². The van der Waals surface area contributed by atoms with Gasteiger partial charge in [0, 0.05) is 12.1 Å². The van der Waals surface area contributed by atoms with Gasteiger partial charge in [0.05, 0.1) is 12.0 Å². The predicted octanol–water partition coefficient (Wildman–Crippen LogP) is 0.391. The van der Waals surface area contributed by atoms with Gasteiger partial charge in [0.25, 0.3) is 0 Å². The molecule has 15 heavy (non-hydrogen) atoms. The third-order valence-electron chi connectivity index (χ3n) is 2.78. The minimum Gasteiger partial charge on any atom is -0.392 e. The SMILES string of the molecule is CC(C)(N)CNC(=O)[C@@H]1CCCC[C@H]1O. The van der Waals surface area contributed by atoms with Crippen molar-refractivity contribution < 1.29 is 9.90 Å². The standard InChI is InChI=1S/C11H22N2O2/c1-11(2,12)7-13-10(15)8-5-3-4-6-9(8)14/h8-9,14H,3-7,12H2,1-2H3,(H,13,15)/t8-,9-/m1/s1. The number of carbonyl (C=O) groups is 1. The molecule has 0 radical (unpaired) electrons. The largest absolute Gasteiger partial charge is 0.392 e. The van der Waals surface area contributed by atoms with Crippen LogP contribution in [0, 0.1) is 5.92 Å². The number of aliphatic hydroxyl groups excluding tert-OH is 1. The maximum absolute atomic E-state index is 11.7. The first-order valence-electron chi connectivity index (χ1n) is 5.65. The molecule has 1 aliphatic carbocycles. The van der Waals surface area contributed by atoms with E-state index in [0.29, 0.717) is 6.54 Å². The molecule has 0 heterocycles. The van der Waals surface area contributed by atoms with Crippen molar-refractivity contribution in [1.29, 1.82) is 0 Å². The van der Waals surface area contributed by atoms with E-state index in [1.165, 1.54) is 0 Å². The molecule has 1 fully saturated rings. The van der Waals surface area contributed by atoms with Crippen molar-refractivity contribution in [1.82, 2.24) is 5.32 Å². The second kappa shape index (κ2) is 4.94. The van der Waals surface area contributed by atoms with Gasteiger partial charge in [-0.25, -0.2) is 0 Å². The zero-order valence-corrected chi connectivity index (χ0v) is 9.62. The number of carbonyl (C=O) groups excluding carboxylic acids is 1. The molecule has 0 unspecified atom stereocenters. The third kappa shape index (κ3) is 4.18. The number of nitrogens with one attached hydrogen (secondary N) is 1. The van der Waals surface area contributed by atoms with E-state index in [1.807, 2.05) is 13.8 Å². The predicted molar refractivity (Wildman–Crippen MR) is 59.2 cm³/mol. The Hall–Kier alpha value is -0.610. The summed E-state index contributed by atoms with van der Waals surface area (Å²) in [6.07, 6.45) is 3.11. The van der Waals surface area contributed by atoms with Crippen molar-refractivity contribution in [3.8, 4) is 0 Å². The van der Waals surface area contributed by atoms with Crippen molar-refractivity contribution in [2.24, 2.45) is 11.7 Å². The molecule has 1 aliphatic rings. The lowest BCUT2D eigenvalue weighted by Gasteiger charge is -2.28. The number of amides is 1. The summed E-state index contributed by atoms with van der Waals surface area (Å²) in [6, 6.07) is 0. The average Bonchev–Trinajstić information content (AvgIpc) is 2.14. The Labute approximate surface area is 91.2 Å². The van der Waals surface area contributed by atoms with E-state index in [2.05, 4.69) is 5.32 Å². The Morgan fingerprint density at radius 3 is 2.60 bits per heavy atom. The van der Waals surface area contributed by atoms with Crippen LogP contribution in [0.4, 0.5) is 0 Å². The second-order valence-electron chi connectivity index (χ2n) is 5.16. The van der Waals surface area contributed by atoms with Crippen molar-refractivity contribution >= 4 is 5.91 Å². The van der Waals surface area contributed by atoms with Crippen LogP contribution in [0.25, 0.3) is 0 Å². The first kappa shape index (κ1) is 12.5. The van der Waals surface area contributed by atoms with Crippen LogP contribution in [0.1, 0.15) is 39.5 Å². The van der Waals surface area contributed by atoms with Crippen LogP contribution in [0.3, 0.4) is 0 Å². The van der Waals surface area contributed by atoms with Crippen LogP contribution < -0.4 is 11.1 Å². The Balaban J connectivity index is 2.39. The molecule has 0 bridgehead atoms. The summed E-state index contributed by atoms with van der Waals surface area (Å²) in [6.45, 7) is 4.18. The Morgan fingerprint density at radius 1 is 1.47 bits per heavy atom. The van der Waals surface area contributed by atoms with Gasteiger partial charge in [-0.1, -0.05) is 12.8 Å². The fraction of sp³-hybridized carbons (Fsp3) is 0.909. The number of hydrogen-bond acceptors (Lipinski definition) is 3. The molecular weight excluding hydrogens is 192 g/mol. The van der Waals surface area contributed by atoms with Crippen LogP contribution in [-0.4, -0.2) is 29.2 Å². The molecule has 4 N–H and O–H groups in total. The third-order valence-corrected chi connectivity index (χ3v) is 2.78. The Kier molecular flexibility index (Phi) is 4.11. The molecular formula is C11H22N2O2. The van der Waals surface area contributed by atoms with Crippen LogP contribution >= 0.6 is 0 Å². The average molecular weight is 214 g/mol. The van der Waals surface area contributed by atoms with E-state index in [-0.39, 0.29) is 11.8 Å². The highest BCUT2D eigenvalue weighted by Crippen LogP contribution is 2.24. The van der Waals surface area contributed by atoms with Crippen molar-refractivity contribution in [2.75, 3.05) is 6.54 Å². The van der Waals surface area contributed by atoms with E-state index < -0.39 is 11.6 Å². The minimum absolute atomic E-state index is 0.0549. The topological polar surface area (TPSA) is 75.3 Å². The highest BCUT2D eigenvalue weighted by atomic mass is 16.3. The van der Waals surface area contributed by atoms with Gasteiger partial charge in [0.15, 0.2) is 0 Å². The molecule has 88 valence electrons. The monoisotopic (exact) mass is 214 g/mol. The summed E-state index contributed by atoms with van der Waals surface area (Å²) < 4.78 is 0. The molecule has 1 amide bonds. The first-order valence-corrected chi connectivity index (χ1v) is 5.65. The van der Waals surface area contributed by atoms with Gasteiger partial charge in [0.1, 0.15) is 0 Å². The second-order valence-corrected chi connectivity index (χ2v) is 5.16. The number of rotatable bonds is 3. The summed E-state index contributed by atoms with van der Waals surface area (Å²) in [5.41, 5.74) is 5.38. The number of nitrogens with two attached hydrogens (primary N) is 1. The van der Waals surface area contributed by atoms with E-state index in [0.717, 1.165) is 25.7 Å². The fourth-order valence-corrected chi connectivity index (χ4v) is 1.86. The van der Waals surface area contributed by atoms with Crippen molar-refractivity contribution in [2.45, 2.75) is 51.2 Å². The first-order chi connectivity index (χ1) is 6.90. The van der Waals surface area contributed by atoms with Crippen LogP contribution in [-0.2, 0) is 4.79 Å². The van der Waals surface area contributed by atoms with Gasteiger partial charge in [-0.15, -0.1) is 0 Å². The maximum Gasteiger partial charge on any atom is 0.225 e. The van der Waals surface area contributed by atoms with Crippen molar-refractivity contribution in [3.63, 3.8) is 0 Å². The molecule has 4 nitrogen and oxygen atoms in total. The zero-order chi connectivity index (χ0) is 11.5. The minimum atomic E-state index is -0.473. The summed E-state index contributed by atoms with van der Waals surface area (Å²) in [4.78, 5) is 11.7. The lowest BCUT2D eigenvalue weighted by atomic mass is 9.86. The molecule has 1 saturated carbocycles. The highest BCUT2D eigenvalue weighted by molar-refractivity contribution is 5.79. The Bertz CT molecular complexity index is 223. The van der Waals surface area contributed by atoms with Crippen LogP contribution in [0.5, 0.6) is 0 Å². The molecule has 0 aromatic heterocycles. The lowest BCUT2D eigenvalue weighted by molar-refractivity contribution is -0.130. The summed E-state index contributed by atoms with van der Waals surface area (Å²) in [7, 11) is 0. The number of hydrogen-bond donors (Lipinski definition) is 3. The van der Waals surface area contributed by atoms with Gasteiger partial charge >= 0.3 is 0 Å². The molecule has 0 spiro atoms. The quantitative estimate of drug-likeness (QED) is 0.636. The molecule has 0 aromatic rings. The van der Waals surface area contributed by atoms with Crippen LogP contribution in [0.2, 0.25) is 0 Å². The summed E-state index contributed by atoms with van der Waals surface area (Å²) in [5.74, 6) is -0.290. The Morgan fingerprint density at radius 2 is 2.07 bits per heavy atom. The van der Waals surface area contributed by atoms with Gasteiger partial charge < -0.3 is 16.2 Å². The molecule has 0 saturated heterocycles. The van der Waals surface area contributed by atoms with E-state index in [4.69, 9.17) is 5.73 Å². The summed E-state index contributed by atoms with van der Waals surface area (Å²) >= 11 is 0. The molecule has 2 atom stereocenters. The highest BCUT2D eigenvalue weighted by Gasteiger charge is 2.29. The van der Waals surface area contributed by atoms with Crippen LogP contribution in [0.15, 0.2) is 0 Å². The smallest absolute Gasteiger partial charge is 0.225 e. The normalized spacial score (nSPS) is 27.5. The van der Waals surface area contributed by atoms with E-state index >= 15 is 0 Å². The zero-order valence-electron chi connectivity index (χ0n) is 9.62. The molecule has 4 heteroatoms. The molecule has 0 aliphatic heterocycles. The number of aliphatic hydroxyl groups is 1. The van der Waals surface area contributed by atoms with E-state index in [9.17, 15) is 9.90 Å². The van der Waals surface area contributed by atoms with Gasteiger partial charge in [-0.3, -0.25) is 4.79 Å². The van der Waals surface area contributed by atoms with Gasteiger partial charge in [0.2, 0.25) is 5.91 Å². The summed E-state index contributed by atoms with van der Waals surface area (Å²) in [5, 5.41) is 12.5. The molecule has 1 rings (SSSR count). The maximum atomic E-state index is 11.7. The lowest BCUT2D eigenvalue weighted by Crippen LogP contribution is -2.48. The van der Waals surface area contributed by atoms with E-state index in [1.54, 1.807) is 0 Å². The molecule has 0 aromatic carbocycles. The van der Waals surface area contributed by atoms with Crippen molar-refractivity contribution in [3.05, 3.63) is 0 Å².